The van der Waals surface area contributed by atoms with Gasteiger partial charge in [-0.15, -0.1) is 0 Å². The number of amides is 1. The molecule has 0 bridgehead atoms. The number of hydrogen-bond acceptors (Lipinski definition) is 5. The van der Waals surface area contributed by atoms with Gasteiger partial charge >= 0.3 is 5.97 Å². The third kappa shape index (κ3) is 4.75. The number of carbonyl (C=O) groups excluding carboxylic acids is 2. The van der Waals surface area contributed by atoms with Gasteiger partial charge < -0.3 is 19.4 Å². The summed E-state index contributed by atoms with van der Waals surface area (Å²) < 4.78 is 5.23. The normalized spacial score (nSPS) is 14.0. The van der Waals surface area contributed by atoms with E-state index in [0.29, 0.717) is 36.8 Å². The van der Waals surface area contributed by atoms with Crippen LogP contribution in [0.15, 0.2) is 48.5 Å². The average Bonchev–Trinajstić information content (AvgIpc) is 2.72. The summed E-state index contributed by atoms with van der Waals surface area (Å²) >= 11 is 6.25. The summed E-state index contributed by atoms with van der Waals surface area (Å²) in [5.74, 6) is -0.678. The molecule has 2 aromatic rings. The minimum Gasteiger partial charge on any atom is -0.452 e. The smallest absolute Gasteiger partial charge is 0.338 e. The Morgan fingerprint density at radius 1 is 1.04 bits per heavy atom. The molecule has 148 valence electrons. The van der Waals surface area contributed by atoms with Crippen molar-refractivity contribution in [3.05, 3.63) is 59.1 Å². The molecule has 1 aliphatic heterocycles. The van der Waals surface area contributed by atoms with Crippen molar-refractivity contribution in [2.45, 2.75) is 0 Å². The number of esters is 1. The van der Waals surface area contributed by atoms with Crippen LogP contribution in [-0.2, 0) is 9.53 Å². The van der Waals surface area contributed by atoms with Crippen molar-refractivity contribution in [2.24, 2.45) is 0 Å². The second kappa shape index (κ2) is 8.97. The first kappa shape index (κ1) is 20.0. The highest BCUT2D eigenvalue weighted by molar-refractivity contribution is 6.33. The van der Waals surface area contributed by atoms with Crippen molar-refractivity contribution in [3.8, 4) is 0 Å². The number of benzene rings is 2. The van der Waals surface area contributed by atoms with E-state index in [1.54, 1.807) is 23.1 Å². The topological polar surface area (TPSA) is 53.1 Å². The fourth-order valence-corrected chi connectivity index (χ4v) is 3.37. The van der Waals surface area contributed by atoms with Crippen LogP contribution in [0, 0.1) is 0 Å². The Balaban J connectivity index is 1.50. The van der Waals surface area contributed by atoms with Crippen molar-refractivity contribution in [3.63, 3.8) is 0 Å². The van der Waals surface area contributed by atoms with Crippen LogP contribution >= 0.6 is 11.6 Å². The first-order valence-corrected chi connectivity index (χ1v) is 9.55. The van der Waals surface area contributed by atoms with Crippen LogP contribution in [0.1, 0.15) is 10.4 Å². The first-order valence-electron chi connectivity index (χ1n) is 9.17. The molecule has 2 aromatic carbocycles. The van der Waals surface area contributed by atoms with Crippen LogP contribution in [0.3, 0.4) is 0 Å². The summed E-state index contributed by atoms with van der Waals surface area (Å²) in [5, 5.41) is 0.705. The molecule has 0 unspecified atom stereocenters. The average molecular weight is 402 g/mol. The van der Waals surface area contributed by atoms with E-state index in [9.17, 15) is 9.59 Å². The SMILES string of the molecule is CN(C)c1cccc(C(=O)OCC(=O)N2CCN(c3ccccc3Cl)CC2)c1. The lowest BCUT2D eigenvalue weighted by atomic mass is 10.2. The summed E-state index contributed by atoms with van der Waals surface area (Å²) in [6, 6.07) is 14.8. The Hall–Kier alpha value is -2.73. The predicted molar refractivity (Wildman–Crippen MR) is 111 cm³/mol. The summed E-state index contributed by atoms with van der Waals surface area (Å²) in [7, 11) is 3.80. The molecule has 0 spiro atoms. The van der Waals surface area contributed by atoms with Gasteiger partial charge in [-0.3, -0.25) is 4.79 Å². The quantitative estimate of drug-likeness (QED) is 0.721. The van der Waals surface area contributed by atoms with Gasteiger partial charge in [0, 0.05) is 46.0 Å². The van der Waals surface area contributed by atoms with Gasteiger partial charge in [0.1, 0.15) is 0 Å². The molecule has 1 heterocycles. The standard InChI is InChI=1S/C21H24ClN3O3/c1-23(2)17-7-5-6-16(14-17)21(27)28-15-20(26)25-12-10-24(11-13-25)19-9-4-3-8-18(19)22/h3-9,14H,10-13,15H2,1-2H3. The summed E-state index contributed by atoms with van der Waals surface area (Å²) in [6.45, 7) is 2.26. The number of rotatable bonds is 5. The molecule has 0 aliphatic carbocycles. The van der Waals surface area contributed by atoms with Gasteiger partial charge in [-0.25, -0.2) is 4.79 Å². The number of piperazine rings is 1. The van der Waals surface area contributed by atoms with Gasteiger partial charge in [-0.1, -0.05) is 29.8 Å². The van der Waals surface area contributed by atoms with Crippen molar-refractivity contribution >= 4 is 34.9 Å². The van der Waals surface area contributed by atoms with Crippen LogP contribution in [-0.4, -0.2) is 63.7 Å². The lowest BCUT2D eigenvalue weighted by Gasteiger charge is -2.36. The molecule has 0 N–H and O–H groups in total. The molecule has 0 saturated carbocycles. The van der Waals surface area contributed by atoms with Crippen molar-refractivity contribution in [2.75, 3.05) is 56.7 Å². The molecular weight excluding hydrogens is 378 g/mol. The van der Waals surface area contributed by atoms with Gasteiger partial charge in [0.2, 0.25) is 0 Å². The van der Waals surface area contributed by atoms with Gasteiger partial charge in [0.15, 0.2) is 6.61 Å². The molecule has 1 aliphatic rings. The molecule has 7 heteroatoms. The number of para-hydroxylation sites is 1. The molecule has 3 rings (SSSR count). The third-order valence-corrected chi connectivity index (χ3v) is 5.07. The zero-order valence-electron chi connectivity index (χ0n) is 16.1. The number of hydrogen-bond donors (Lipinski definition) is 0. The fourth-order valence-electron chi connectivity index (χ4n) is 3.12. The molecule has 28 heavy (non-hydrogen) atoms. The van der Waals surface area contributed by atoms with Crippen molar-refractivity contribution < 1.29 is 14.3 Å². The molecular formula is C21H24ClN3O3. The number of ether oxygens (including phenoxy) is 1. The zero-order valence-corrected chi connectivity index (χ0v) is 16.9. The maximum Gasteiger partial charge on any atom is 0.338 e. The predicted octanol–water partition coefficient (Wildman–Crippen LogP) is 2.91. The third-order valence-electron chi connectivity index (χ3n) is 4.75. The van der Waals surface area contributed by atoms with E-state index in [4.69, 9.17) is 16.3 Å². The van der Waals surface area contributed by atoms with E-state index in [1.165, 1.54) is 0 Å². The second-order valence-corrected chi connectivity index (χ2v) is 7.25. The summed E-state index contributed by atoms with van der Waals surface area (Å²) in [6.07, 6.45) is 0. The lowest BCUT2D eigenvalue weighted by Crippen LogP contribution is -2.50. The monoisotopic (exact) mass is 401 g/mol. The van der Waals surface area contributed by atoms with Crippen molar-refractivity contribution in [1.29, 1.82) is 0 Å². The van der Waals surface area contributed by atoms with E-state index in [1.807, 2.05) is 49.3 Å². The van der Waals surface area contributed by atoms with Gasteiger partial charge in [-0.05, 0) is 30.3 Å². The highest BCUT2D eigenvalue weighted by Gasteiger charge is 2.23. The molecule has 6 nitrogen and oxygen atoms in total. The molecule has 0 atom stereocenters. The molecule has 1 fully saturated rings. The first-order chi connectivity index (χ1) is 13.5. The Morgan fingerprint density at radius 3 is 2.43 bits per heavy atom. The van der Waals surface area contributed by atoms with E-state index in [-0.39, 0.29) is 12.5 Å². The van der Waals surface area contributed by atoms with Gasteiger partial charge in [0.25, 0.3) is 5.91 Å². The van der Waals surface area contributed by atoms with Crippen LogP contribution < -0.4 is 9.80 Å². The number of carbonyl (C=O) groups is 2. The fraction of sp³-hybridized carbons (Fsp3) is 0.333. The number of halogens is 1. The number of nitrogens with zero attached hydrogens (tertiary/aromatic N) is 3. The van der Waals surface area contributed by atoms with Crippen LogP contribution in [0.25, 0.3) is 0 Å². The van der Waals surface area contributed by atoms with Crippen molar-refractivity contribution in [1.82, 2.24) is 4.90 Å². The second-order valence-electron chi connectivity index (χ2n) is 6.84. The molecule has 1 amide bonds. The lowest BCUT2D eigenvalue weighted by molar-refractivity contribution is -0.134. The highest BCUT2D eigenvalue weighted by atomic mass is 35.5. The maximum absolute atomic E-state index is 12.4. The van der Waals surface area contributed by atoms with E-state index < -0.39 is 5.97 Å². The van der Waals surface area contributed by atoms with Gasteiger partial charge in [-0.2, -0.15) is 0 Å². The summed E-state index contributed by atoms with van der Waals surface area (Å²) in [5.41, 5.74) is 2.31. The van der Waals surface area contributed by atoms with E-state index >= 15 is 0 Å². The summed E-state index contributed by atoms with van der Waals surface area (Å²) in [4.78, 5) is 30.4. The number of anilines is 2. The van der Waals surface area contributed by atoms with Crippen LogP contribution in [0.4, 0.5) is 11.4 Å². The van der Waals surface area contributed by atoms with Gasteiger partial charge in [0.05, 0.1) is 16.3 Å². The molecule has 0 radical (unpaired) electrons. The highest BCUT2D eigenvalue weighted by Crippen LogP contribution is 2.26. The van der Waals surface area contributed by atoms with E-state index in [0.717, 1.165) is 11.4 Å². The minimum absolute atomic E-state index is 0.184. The molecule has 0 aromatic heterocycles. The maximum atomic E-state index is 12.4. The van der Waals surface area contributed by atoms with Crippen LogP contribution in [0.5, 0.6) is 0 Å². The van der Waals surface area contributed by atoms with E-state index in [2.05, 4.69) is 4.90 Å². The Kier molecular flexibility index (Phi) is 6.41. The zero-order chi connectivity index (χ0) is 20.1. The van der Waals surface area contributed by atoms with Crippen LogP contribution in [0.2, 0.25) is 5.02 Å². The Morgan fingerprint density at radius 2 is 1.75 bits per heavy atom. The molecule has 1 saturated heterocycles. The Labute approximate surface area is 170 Å². The largest absolute Gasteiger partial charge is 0.452 e. The minimum atomic E-state index is -0.494. The Bertz CT molecular complexity index is 848.